The van der Waals surface area contributed by atoms with Crippen LogP contribution in [0.15, 0.2) is 0 Å². The molecule has 1 aliphatic rings. The van der Waals surface area contributed by atoms with Crippen molar-refractivity contribution in [3.05, 3.63) is 0 Å². The van der Waals surface area contributed by atoms with Crippen molar-refractivity contribution in [2.24, 2.45) is 0 Å². The van der Waals surface area contributed by atoms with Crippen molar-refractivity contribution in [2.75, 3.05) is 19.6 Å². The molecule has 0 aromatic heterocycles. The number of likely N-dealkylation sites (N-methyl/N-ethyl adjacent to an activating group) is 1. The largest absolute Gasteiger partial charge is 0.315 e. The van der Waals surface area contributed by atoms with Crippen molar-refractivity contribution in [1.29, 1.82) is 0 Å². The van der Waals surface area contributed by atoms with E-state index >= 15 is 0 Å². The van der Waals surface area contributed by atoms with Gasteiger partial charge in [-0.15, -0.1) is 0 Å². The fourth-order valence-corrected chi connectivity index (χ4v) is 2.69. The van der Waals surface area contributed by atoms with Gasteiger partial charge in [-0.1, -0.05) is 26.7 Å². The molecule has 0 aromatic carbocycles. The minimum atomic E-state index is 0.702. The molecule has 0 aliphatic carbocycles. The molecule has 1 saturated heterocycles. The molecule has 0 radical (unpaired) electrons. The van der Waals surface area contributed by atoms with E-state index in [1.165, 1.54) is 38.6 Å². The Kier molecular flexibility index (Phi) is 6.26. The summed E-state index contributed by atoms with van der Waals surface area (Å²) >= 11 is 0. The molecule has 1 rings (SSSR count). The topological polar surface area (TPSA) is 15.3 Å². The van der Waals surface area contributed by atoms with Gasteiger partial charge in [0, 0.05) is 18.6 Å². The second kappa shape index (κ2) is 7.24. The first kappa shape index (κ1) is 13.0. The van der Waals surface area contributed by atoms with E-state index in [-0.39, 0.29) is 0 Å². The van der Waals surface area contributed by atoms with Crippen LogP contribution in [0.5, 0.6) is 0 Å². The van der Waals surface area contributed by atoms with Crippen LogP contribution in [0.3, 0.4) is 0 Å². The van der Waals surface area contributed by atoms with E-state index in [1.807, 2.05) is 0 Å². The van der Waals surface area contributed by atoms with Crippen molar-refractivity contribution in [3.8, 4) is 0 Å². The summed E-state index contributed by atoms with van der Waals surface area (Å²) in [6.07, 6.45) is 6.99. The molecule has 2 atom stereocenters. The smallest absolute Gasteiger partial charge is 0.0195 e. The molecule has 0 amide bonds. The lowest BCUT2D eigenvalue weighted by Crippen LogP contribution is -2.46. The number of hydrogen-bond donors (Lipinski definition) is 1. The zero-order valence-corrected chi connectivity index (χ0v) is 10.8. The average Bonchev–Trinajstić information content (AvgIpc) is 2.50. The summed E-state index contributed by atoms with van der Waals surface area (Å²) in [4.78, 5) is 2.73. The third-order valence-corrected chi connectivity index (χ3v) is 3.65. The van der Waals surface area contributed by atoms with Gasteiger partial charge in [0.2, 0.25) is 0 Å². The lowest BCUT2D eigenvalue weighted by Gasteiger charge is -2.34. The predicted octanol–water partition coefficient (Wildman–Crippen LogP) is 2.64. The summed E-state index contributed by atoms with van der Waals surface area (Å²) in [6.45, 7) is 10.4. The first-order valence-electron chi connectivity index (χ1n) is 6.76. The van der Waals surface area contributed by atoms with E-state index in [0.29, 0.717) is 6.04 Å². The van der Waals surface area contributed by atoms with E-state index in [9.17, 15) is 0 Å². The van der Waals surface area contributed by atoms with Crippen molar-refractivity contribution in [2.45, 2.75) is 65.0 Å². The Bertz CT molecular complexity index is 159. The SMILES string of the molecule is CCNCC(C)N1CCCCCC1CC. The summed E-state index contributed by atoms with van der Waals surface area (Å²) in [7, 11) is 0. The van der Waals surface area contributed by atoms with Crippen molar-refractivity contribution in [3.63, 3.8) is 0 Å². The van der Waals surface area contributed by atoms with Gasteiger partial charge in [0.05, 0.1) is 0 Å². The highest BCUT2D eigenvalue weighted by atomic mass is 15.2. The van der Waals surface area contributed by atoms with Crippen LogP contribution in [0.1, 0.15) is 52.9 Å². The van der Waals surface area contributed by atoms with Crippen molar-refractivity contribution < 1.29 is 0 Å². The molecule has 2 heteroatoms. The number of nitrogens with one attached hydrogen (secondary N) is 1. The maximum atomic E-state index is 3.47. The first-order chi connectivity index (χ1) is 7.29. The standard InChI is InChI=1S/C13H28N2/c1-4-13-9-7-6-8-10-15(13)12(3)11-14-5-2/h12-14H,4-11H2,1-3H3. The number of rotatable bonds is 5. The minimum absolute atomic E-state index is 0.702. The van der Waals surface area contributed by atoms with Gasteiger partial charge in [0.1, 0.15) is 0 Å². The third kappa shape index (κ3) is 4.12. The van der Waals surface area contributed by atoms with Crippen LogP contribution in [0.4, 0.5) is 0 Å². The molecule has 1 heterocycles. The Hall–Kier alpha value is -0.0800. The van der Waals surface area contributed by atoms with Crippen LogP contribution in [-0.4, -0.2) is 36.6 Å². The molecule has 1 N–H and O–H groups in total. The zero-order chi connectivity index (χ0) is 11.1. The molecule has 90 valence electrons. The molecule has 0 aromatic rings. The highest BCUT2D eigenvalue weighted by Crippen LogP contribution is 2.20. The quantitative estimate of drug-likeness (QED) is 0.753. The van der Waals surface area contributed by atoms with Crippen LogP contribution < -0.4 is 5.32 Å². The highest BCUT2D eigenvalue weighted by Gasteiger charge is 2.23. The average molecular weight is 212 g/mol. The zero-order valence-electron chi connectivity index (χ0n) is 10.8. The third-order valence-electron chi connectivity index (χ3n) is 3.65. The van der Waals surface area contributed by atoms with Gasteiger partial charge < -0.3 is 5.32 Å². The van der Waals surface area contributed by atoms with Gasteiger partial charge in [-0.3, -0.25) is 4.90 Å². The number of likely N-dealkylation sites (tertiary alicyclic amines) is 1. The molecule has 0 saturated carbocycles. The maximum Gasteiger partial charge on any atom is 0.0195 e. The summed E-state index contributed by atoms with van der Waals surface area (Å²) < 4.78 is 0. The van der Waals surface area contributed by atoms with E-state index in [4.69, 9.17) is 0 Å². The highest BCUT2D eigenvalue weighted by molar-refractivity contribution is 4.79. The Morgan fingerprint density at radius 1 is 1.27 bits per heavy atom. The van der Waals surface area contributed by atoms with Crippen LogP contribution >= 0.6 is 0 Å². The lowest BCUT2D eigenvalue weighted by molar-refractivity contribution is 0.140. The Balaban J connectivity index is 2.45. The Morgan fingerprint density at radius 2 is 2.07 bits per heavy atom. The van der Waals surface area contributed by atoms with Crippen molar-refractivity contribution >= 4 is 0 Å². The maximum absolute atomic E-state index is 3.47. The second-order valence-corrected chi connectivity index (χ2v) is 4.81. The number of nitrogens with zero attached hydrogens (tertiary/aromatic N) is 1. The first-order valence-corrected chi connectivity index (χ1v) is 6.76. The summed E-state index contributed by atoms with van der Waals surface area (Å²) in [6, 6.07) is 1.54. The Morgan fingerprint density at radius 3 is 2.73 bits per heavy atom. The fourth-order valence-electron chi connectivity index (χ4n) is 2.69. The van der Waals surface area contributed by atoms with Gasteiger partial charge in [0.15, 0.2) is 0 Å². The van der Waals surface area contributed by atoms with Gasteiger partial charge >= 0.3 is 0 Å². The van der Waals surface area contributed by atoms with Crippen LogP contribution in [0, 0.1) is 0 Å². The monoisotopic (exact) mass is 212 g/mol. The summed E-state index contributed by atoms with van der Waals surface area (Å²) in [5, 5.41) is 3.47. The van der Waals surface area contributed by atoms with Crippen LogP contribution in [0.2, 0.25) is 0 Å². The molecule has 0 spiro atoms. The van der Waals surface area contributed by atoms with Crippen LogP contribution in [0.25, 0.3) is 0 Å². The lowest BCUT2D eigenvalue weighted by atomic mass is 10.1. The molecular formula is C13H28N2. The van der Waals surface area contributed by atoms with Gasteiger partial charge in [0.25, 0.3) is 0 Å². The van der Waals surface area contributed by atoms with Gasteiger partial charge in [-0.25, -0.2) is 0 Å². The summed E-state index contributed by atoms with van der Waals surface area (Å²) in [5.41, 5.74) is 0. The van der Waals surface area contributed by atoms with E-state index in [2.05, 4.69) is 31.0 Å². The molecule has 15 heavy (non-hydrogen) atoms. The van der Waals surface area contributed by atoms with Crippen molar-refractivity contribution in [1.82, 2.24) is 10.2 Å². The molecule has 0 bridgehead atoms. The molecular weight excluding hydrogens is 184 g/mol. The fraction of sp³-hybridized carbons (Fsp3) is 1.00. The Labute approximate surface area is 95.4 Å². The van der Waals surface area contributed by atoms with E-state index < -0.39 is 0 Å². The molecule has 2 unspecified atom stereocenters. The van der Waals surface area contributed by atoms with E-state index in [1.54, 1.807) is 0 Å². The molecule has 1 fully saturated rings. The van der Waals surface area contributed by atoms with Gasteiger partial charge in [-0.05, 0) is 39.3 Å². The molecule has 2 nitrogen and oxygen atoms in total. The van der Waals surface area contributed by atoms with Gasteiger partial charge in [-0.2, -0.15) is 0 Å². The normalized spacial score (nSPS) is 26.2. The molecule has 1 aliphatic heterocycles. The minimum Gasteiger partial charge on any atom is -0.315 e. The predicted molar refractivity (Wildman–Crippen MR) is 67.3 cm³/mol. The summed E-state index contributed by atoms with van der Waals surface area (Å²) in [5.74, 6) is 0. The van der Waals surface area contributed by atoms with Crippen LogP contribution in [-0.2, 0) is 0 Å². The second-order valence-electron chi connectivity index (χ2n) is 4.81. The van der Waals surface area contributed by atoms with E-state index in [0.717, 1.165) is 19.1 Å². The number of hydrogen-bond acceptors (Lipinski definition) is 2.